The van der Waals surface area contributed by atoms with Gasteiger partial charge in [0.1, 0.15) is 29.4 Å². The van der Waals surface area contributed by atoms with Gasteiger partial charge < -0.3 is 18.6 Å². The van der Waals surface area contributed by atoms with Crippen LogP contribution in [0.15, 0.2) is 75.9 Å². The normalized spacial score (nSPS) is 10.7. The number of carbonyl (C=O) groups excluding carboxylic acids is 1. The molecule has 1 aromatic heterocycles. The molecule has 0 fully saturated rings. The van der Waals surface area contributed by atoms with E-state index in [1.165, 1.54) is 7.11 Å². The molecule has 32 heavy (non-hydrogen) atoms. The Morgan fingerprint density at radius 3 is 2.44 bits per heavy atom. The summed E-state index contributed by atoms with van der Waals surface area (Å²) in [5.74, 6) is 0.889. The second-order valence-corrected chi connectivity index (χ2v) is 7.38. The van der Waals surface area contributed by atoms with E-state index in [2.05, 4.69) is 4.74 Å². The first-order valence-corrected chi connectivity index (χ1v) is 10.1. The van der Waals surface area contributed by atoms with Gasteiger partial charge in [-0.3, -0.25) is 4.79 Å². The number of hydrogen-bond donors (Lipinski definition) is 0. The van der Waals surface area contributed by atoms with E-state index in [0.717, 1.165) is 5.56 Å². The minimum absolute atomic E-state index is 0.0769. The van der Waals surface area contributed by atoms with E-state index >= 15 is 0 Å². The summed E-state index contributed by atoms with van der Waals surface area (Å²) in [7, 11) is 1.31. The van der Waals surface area contributed by atoms with E-state index < -0.39 is 5.97 Å². The molecular formula is C25H19ClO6. The zero-order valence-corrected chi connectivity index (χ0v) is 18.1. The van der Waals surface area contributed by atoms with Gasteiger partial charge in [0.25, 0.3) is 0 Å². The summed E-state index contributed by atoms with van der Waals surface area (Å²) < 4.78 is 22.1. The van der Waals surface area contributed by atoms with Crippen molar-refractivity contribution < 1.29 is 23.4 Å². The summed E-state index contributed by atoms with van der Waals surface area (Å²) in [4.78, 5) is 24.6. The minimum atomic E-state index is -0.453. The van der Waals surface area contributed by atoms with Crippen LogP contribution in [0.2, 0.25) is 5.02 Å². The number of halogens is 1. The molecule has 0 bridgehead atoms. The highest BCUT2D eigenvalue weighted by Gasteiger charge is 2.15. The first kappa shape index (κ1) is 21.5. The topological polar surface area (TPSA) is 75.0 Å². The third-order valence-corrected chi connectivity index (χ3v) is 5.20. The second kappa shape index (κ2) is 9.16. The van der Waals surface area contributed by atoms with Gasteiger partial charge in [-0.15, -0.1) is 0 Å². The first-order valence-electron chi connectivity index (χ1n) is 9.76. The number of hydrogen-bond acceptors (Lipinski definition) is 6. The van der Waals surface area contributed by atoms with Crippen LogP contribution in [0.1, 0.15) is 21.7 Å². The standard InChI is InChI=1S/C25H19ClO6/c1-15-24(32-18-9-7-16(8-10-18)25(28)29-2)23(27)20-12-11-19(13-22(20)31-15)30-14-17-5-3-4-6-21(17)26/h3-13H,14H2,1-2H3. The average molecular weight is 451 g/mol. The molecule has 0 radical (unpaired) electrons. The van der Waals surface area contributed by atoms with Gasteiger partial charge in [-0.05, 0) is 49.4 Å². The fourth-order valence-corrected chi connectivity index (χ4v) is 3.34. The number of carbonyl (C=O) groups is 1. The SMILES string of the molecule is COC(=O)c1ccc(Oc2c(C)oc3cc(OCc4ccccc4Cl)ccc3c2=O)cc1. The number of fused-ring (bicyclic) bond motifs is 1. The first-order chi connectivity index (χ1) is 15.5. The molecular weight excluding hydrogens is 432 g/mol. The molecule has 7 heteroatoms. The lowest BCUT2D eigenvalue weighted by atomic mass is 10.2. The number of aryl methyl sites for hydroxylation is 1. The number of esters is 1. The monoisotopic (exact) mass is 450 g/mol. The number of rotatable bonds is 6. The fourth-order valence-electron chi connectivity index (χ4n) is 3.15. The van der Waals surface area contributed by atoms with Crippen LogP contribution in [0.5, 0.6) is 17.2 Å². The molecule has 0 saturated heterocycles. The molecule has 0 saturated carbocycles. The van der Waals surface area contributed by atoms with Crippen LogP contribution < -0.4 is 14.9 Å². The van der Waals surface area contributed by atoms with E-state index in [1.807, 2.05) is 18.2 Å². The summed E-state index contributed by atoms with van der Waals surface area (Å²) >= 11 is 6.17. The molecule has 0 unspecified atom stereocenters. The number of ether oxygens (including phenoxy) is 3. The summed E-state index contributed by atoms with van der Waals surface area (Å²) in [6.07, 6.45) is 0. The molecule has 0 spiro atoms. The zero-order valence-electron chi connectivity index (χ0n) is 17.4. The van der Waals surface area contributed by atoms with Crippen molar-refractivity contribution in [3.63, 3.8) is 0 Å². The van der Waals surface area contributed by atoms with Crippen molar-refractivity contribution in [2.45, 2.75) is 13.5 Å². The van der Waals surface area contributed by atoms with Crippen molar-refractivity contribution in [1.82, 2.24) is 0 Å². The van der Waals surface area contributed by atoms with E-state index in [-0.39, 0.29) is 17.8 Å². The van der Waals surface area contributed by atoms with Gasteiger partial charge >= 0.3 is 5.97 Å². The zero-order chi connectivity index (χ0) is 22.7. The minimum Gasteiger partial charge on any atom is -0.489 e. The second-order valence-electron chi connectivity index (χ2n) is 6.97. The third-order valence-electron chi connectivity index (χ3n) is 4.83. The van der Waals surface area contributed by atoms with Crippen LogP contribution in [0.25, 0.3) is 11.0 Å². The molecule has 3 aromatic carbocycles. The van der Waals surface area contributed by atoms with Gasteiger partial charge in [-0.2, -0.15) is 0 Å². The Balaban J connectivity index is 1.58. The van der Waals surface area contributed by atoms with Crippen molar-refractivity contribution in [3.05, 3.63) is 98.9 Å². The molecule has 0 aliphatic heterocycles. The van der Waals surface area contributed by atoms with Crippen molar-refractivity contribution in [3.8, 4) is 17.2 Å². The van der Waals surface area contributed by atoms with Crippen LogP contribution in [0.3, 0.4) is 0 Å². The summed E-state index contributed by atoms with van der Waals surface area (Å²) in [5, 5.41) is 0.985. The van der Waals surface area contributed by atoms with Crippen molar-refractivity contribution in [1.29, 1.82) is 0 Å². The molecule has 0 amide bonds. The van der Waals surface area contributed by atoms with E-state index in [1.54, 1.807) is 55.5 Å². The predicted molar refractivity (Wildman–Crippen MR) is 121 cm³/mol. The largest absolute Gasteiger partial charge is 0.489 e. The van der Waals surface area contributed by atoms with Crippen LogP contribution in [-0.2, 0) is 11.3 Å². The highest BCUT2D eigenvalue weighted by molar-refractivity contribution is 6.31. The van der Waals surface area contributed by atoms with Crippen molar-refractivity contribution in [2.24, 2.45) is 0 Å². The highest BCUT2D eigenvalue weighted by Crippen LogP contribution is 2.28. The molecule has 0 aliphatic carbocycles. The molecule has 6 nitrogen and oxygen atoms in total. The Labute approximate surface area is 188 Å². The van der Waals surface area contributed by atoms with Crippen LogP contribution in [0.4, 0.5) is 0 Å². The van der Waals surface area contributed by atoms with Crippen molar-refractivity contribution >= 4 is 28.5 Å². The maximum absolute atomic E-state index is 13.0. The Hall–Kier alpha value is -3.77. The quantitative estimate of drug-likeness (QED) is 0.340. The van der Waals surface area contributed by atoms with Gasteiger partial charge in [-0.25, -0.2) is 4.79 Å². The molecule has 4 rings (SSSR count). The van der Waals surface area contributed by atoms with Crippen LogP contribution >= 0.6 is 11.6 Å². The summed E-state index contributed by atoms with van der Waals surface area (Å²) in [6.45, 7) is 1.94. The highest BCUT2D eigenvalue weighted by atomic mass is 35.5. The Kier molecular flexibility index (Phi) is 6.14. The molecule has 1 heterocycles. The summed E-state index contributed by atoms with van der Waals surface area (Å²) in [5.41, 5.74) is 1.32. The van der Waals surface area contributed by atoms with E-state index in [0.29, 0.717) is 38.8 Å². The van der Waals surface area contributed by atoms with Crippen molar-refractivity contribution in [2.75, 3.05) is 7.11 Å². The van der Waals surface area contributed by atoms with Gasteiger partial charge in [-0.1, -0.05) is 29.8 Å². The maximum atomic E-state index is 13.0. The maximum Gasteiger partial charge on any atom is 0.337 e. The number of benzene rings is 3. The van der Waals surface area contributed by atoms with Gasteiger partial charge in [0.05, 0.1) is 18.1 Å². The Morgan fingerprint density at radius 1 is 1.00 bits per heavy atom. The Bertz CT molecular complexity index is 1340. The van der Waals surface area contributed by atoms with E-state index in [9.17, 15) is 9.59 Å². The Morgan fingerprint density at radius 2 is 1.72 bits per heavy atom. The van der Waals surface area contributed by atoms with Gasteiger partial charge in [0.2, 0.25) is 11.2 Å². The lowest BCUT2D eigenvalue weighted by molar-refractivity contribution is 0.0600. The predicted octanol–water partition coefficient (Wildman–Crippen LogP) is 5.91. The molecule has 0 aliphatic rings. The smallest absolute Gasteiger partial charge is 0.337 e. The fraction of sp³-hybridized carbons (Fsp3) is 0.120. The van der Waals surface area contributed by atoms with Crippen LogP contribution in [-0.4, -0.2) is 13.1 Å². The molecule has 0 N–H and O–H groups in total. The summed E-state index contributed by atoms with van der Waals surface area (Å²) in [6, 6.07) is 18.7. The molecule has 162 valence electrons. The van der Waals surface area contributed by atoms with E-state index in [4.69, 9.17) is 25.5 Å². The average Bonchev–Trinajstić information content (AvgIpc) is 2.81. The number of methoxy groups -OCH3 is 1. The third kappa shape index (κ3) is 4.45. The lowest BCUT2D eigenvalue weighted by Crippen LogP contribution is -2.08. The van der Waals surface area contributed by atoms with Crippen LogP contribution in [0, 0.1) is 6.92 Å². The lowest BCUT2D eigenvalue weighted by Gasteiger charge is -2.11. The molecule has 4 aromatic rings. The van der Waals surface area contributed by atoms with Gasteiger partial charge in [0.15, 0.2) is 0 Å². The molecule has 0 atom stereocenters. The van der Waals surface area contributed by atoms with Gasteiger partial charge in [0, 0.05) is 16.7 Å².